The molecule has 0 amide bonds. The smallest absolute Gasteiger partial charge is 0.125 e. The third-order valence-corrected chi connectivity index (χ3v) is 12.3. The maximum Gasteiger partial charge on any atom is 0.146 e. The van der Waals surface area contributed by atoms with Crippen molar-refractivity contribution in [2.75, 3.05) is 0 Å². The molecule has 3 aromatic carbocycles. The average molecular weight is 359 g/mol. The summed E-state index contributed by atoms with van der Waals surface area (Å²) in [5.74, 6) is 3.65. The minimum atomic E-state index is -1.71. The van der Waals surface area contributed by atoms with Gasteiger partial charge in [0.05, 0.1) is 0 Å². The van der Waals surface area contributed by atoms with Crippen molar-refractivity contribution in [3.05, 3.63) is 60.2 Å². The van der Waals surface area contributed by atoms with E-state index in [0.29, 0.717) is 16.6 Å². The summed E-state index contributed by atoms with van der Waals surface area (Å²) in [6.07, 6.45) is 0. The van der Waals surface area contributed by atoms with E-state index in [0.717, 1.165) is 0 Å². The van der Waals surface area contributed by atoms with Crippen molar-refractivity contribution >= 4 is 29.6 Å². The summed E-state index contributed by atoms with van der Waals surface area (Å²) < 4.78 is 0. The lowest BCUT2D eigenvalue weighted by Gasteiger charge is -2.38. The van der Waals surface area contributed by atoms with Gasteiger partial charge in [0.25, 0.3) is 0 Å². The second-order valence-electron chi connectivity index (χ2n) is 8.37. The van der Waals surface area contributed by atoms with Gasteiger partial charge in [0, 0.05) is 5.56 Å². The molecule has 0 heterocycles. The van der Waals surface area contributed by atoms with Gasteiger partial charge in [-0.15, -0.1) is 5.54 Å². The number of hydrogen-bond donors (Lipinski definition) is 0. The molecule has 0 aromatic heterocycles. The Hall–Kier alpha value is -2.04. The Kier molecular flexibility index (Phi) is 5.26. The van der Waals surface area contributed by atoms with Crippen LogP contribution in [0.4, 0.5) is 0 Å². The van der Waals surface area contributed by atoms with Crippen LogP contribution in [0.25, 0.3) is 21.5 Å². The molecule has 0 fully saturated rings. The quantitative estimate of drug-likeness (QED) is 0.257. The zero-order chi connectivity index (χ0) is 18.9. The Bertz CT molecular complexity index is 961. The number of benzene rings is 3. The second-order valence-corrected chi connectivity index (χ2v) is 14.0. The van der Waals surface area contributed by atoms with E-state index in [1.54, 1.807) is 0 Å². The van der Waals surface area contributed by atoms with Crippen LogP contribution in [0.15, 0.2) is 54.6 Å². The molecular formula is C25H30Si. The largest absolute Gasteiger partial charge is 0.146 e. The summed E-state index contributed by atoms with van der Waals surface area (Å²) in [6.45, 7) is 14.2. The fourth-order valence-electron chi connectivity index (χ4n) is 4.68. The molecular weight excluding hydrogens is 328 g/mol. The predicted molar refractivity (Wildman–Crippen MR) is 119 cm³/mol. The van der Waals surface area contributed by atoms with Gasteiger partial charge in [0.15, 0.2) is 0 Å². The highest BCUT2D eigenvalue weighted by Crippen LogP contribution is 2.41. The summed E-state index contributed by atoms with van der Waals surface area (Å²) in [4.78, 5) is 0. The van der Waals surface area contributed by atoms with Crippen molar-refractivity contribution in [2.24, 2.45) is 0 Å². The Morgan fingerprint density at radius 3 is 1.77 bits per heavy atom. The fourth-order valence-corrected chi connectivity index (χ4v) is 9.90. The lowest BCUT2D eigenvalue weighted by molar-refractivity contribution is 0.838. The van der Waals surface area contributed by atoms with Crippen LogP contribution in [0.3, 0.4) is 0 Å². The summed E-state index contributed by atoms with van der Waals surface area (Å²) in [5.41, 5.74) is 7.02. The van der Waals surface area contributed by atoms with E-state index in [-0.39, 0.29) is 0 Å². The molecule has 0 radical (unpaired) electrons. The zero-order valence-corrected chi connectivity index (χ0v) is 17.9. The molecule has 1 heteroatoms. The van der Waals surface area contributed by atoms with E-state index >= 15 is 0 Å². The summed E-state index contributed by atoms with van der Waals surface area (Å²) in [6, 6.07) is 19.7. The van der Waals surface area contributed by atoms with Gasteiger partial charge in [-0.2, -0.15) is 0 Å². The van der Waals surface area contributed by atoms with Crippen LogP contribution < -0.4 is 0 Å². The molecule has 0 N–H and O–H groups in total. The van der Waals surface area contributed by atoms with Gasteiger partial charge in [-0.05, 0) is 56.4 Å². The van der Waals surface area contributed by atoms with Gasteiger partial charge in [0.1, 0.15) is 8.07 Å². The molecule has 0 atom stereocenters. The van der Waals surface area contributed by atoms with E-state index in [4.69, 9.17) is 0 Å². The first-order valence-electron chi connectivity index (χ1n) is 9.81. The van der Waals surface area contributed by atoms with Gasteiger partial charge in [-0.3, -0.25) is 0 Å². The maximum absolute atomic E-state index is 3.88. The molecule has 0 saturated carbocycles. The van der Waals surface area contributed by atoms with E-state index in [1.807, 2.05) is 0 Å². The molecule has 3 rings (SSSR count). The van der Waals surface area contributed by atoms with Crippen LogP contribution in [-0.2, 0) is 0 Å². The molecule has 0 spiro atoms. The van der Waals surface area contributed by atoms with E-state index in [2.05, 4.69) is 108 Å². The number of rotatable bonds is 3. The van der Waals surface area contributed by atoms with Crippen molar-refractivity contribution < 1.29 is 0 Å². The van der Waals surface area contributed by atoms with Gasteiger partial charge in [-0.1, -0.05) is 83.9 Å². The van der Waals surface area contributed by atoms with Gasteiger partial charge < -0.3 is 0 Å². The first kappa shape index (κ1) is 18.7. The SMILES string of the molecule is CC(C)[Si](C#Cc1cccc2cc3ccccc3cc12)(C(C)C)C(C)C. The van der Waals surface area contributed by atoms with E-state index in [9.17, 15) is 0 Å². The number of fused-ring (bicyclic) bond motifs is 2. The molecule has 134 valence electrons. The minimum Gasteiger partial charge on any atom is -0.125 e. The van der Waals surface area contributed by atoms with Crippen LogP contribution in [-0.4, -0.2) is 8.07 Å². The Labute approximate surface area is 159 Å². The highest BCUT2D eigenvalue weighted by atomic mass is 28.3. The van der Waals surface area contributed by atoms with E-state index in [1.165, 1.54) is 27.1 Å². The van der Waals surface area contributed by atoms with Crippen molar-refractivity contribution in [3.63, 3.8) is 0 Å². The molecule has 26 heavy (non-hydrogen) atoms. The topological polar surface area (TPSA) is 0 Å². The Balaban J connectivity index is 2.20. The first-order chi connectivity index (χ1) is 12.4. The second kappa shape index (κ2) is 7.29. The molecule has 0 unspecified atom stereocenters. The predicted octanol–water partition coefficient (Wildman–Crippen LogP) is 7.56. The van der Waals surface area contributed by atoms with Crippen LogP contribution in [0.2, 0.25) is 16.6 Å². The van der Waals surface area contributed by atoms with Gasteiger partial charge >= 0.3 is 0 Å². The normalized spacial score (nSPS) is 12.2. The Morgan fingerprint density at radius 2 is 1.19 bits per heavy atom. The third kappa shape index (κ3) is 3.19. The summed E-state index contributed by atoms with van der Waals surface area (Å²) in [7, 11) is -1.71. The van der Waals surface area contributed by atoms with Crippen LogP contribution in [0, 0.1) is 11.5 Å². The Morgan fingerprint density at radius 1 is 0.654 bits per heavy atom. The lowest BCUT2D eigenvalue weighted by Crippen LogP contribution is -2.43. The monoisotopic (exact) mass is 358 g/mol. The fraction of sp³-hybridized carbons (Fsp3) is 0.360. The molecule has 0 aliphatic rings. The average Bonchev–Trinajstić information content (AvgIpc) is 2.59. The van der Waals surface area contributed by atoms with Crippen molar-refractivity contribution in [3.8, 4) is 11.5 Å². The third-order valence-electron chi connectivity index (χ3n) is 6.03. The highest BCUT2D eigenvalue weighted by Gasteiger charge is 2.41. The standard InChI is InChI=1S/C25H30Si/c1-18(2)26(19(3)4,20(5)6)15-14-21-12-9-13-24-16-22-10-7-8-11-23(22)17-25(21)24/h7-13,16-20H,1-6H3. The molecule has 3 aromatic rings. The molecule has 0 nitrogen and oxygen atoms in total. The molecule has 0 saturated heterocycles. The van der Waals surface area contributed by atoms with Crippen LogP contribution in [0.1, 0.15) is 47.1 Å². The van der Waals surface area contributed by atoms with Gasteiger partial charge in [-0.25, -0.2) is 0 Å². The lowest BCUT2D eigenvalue weighted by atomic mass is 10.0. The van der Waals surface area contributed by atoms with Crippen LogP contribution >= 0.6 is 0 Å². The number of hydrogen-bond acceptors (Lipinski definition) is 0. The van der Waals surface area contributed by atoms with Crippen molar-refractivity contribution in [1.82, 2.24) is 0 Å². The minimum absolute atomic E-state index is 0.658. The van der Waals surface area contributed by atoms with Gasteiger partial charge in [0.2, 0.25) is 0 Å². The maximum atomic E-state index is 3.88. The summed E-state index contributed by atoms with van der Waals surface area (Å²) in [5, 5.41) is 5.13. The zero-order valence-electron chi connectivity index (χ0n) is 16.9. The van der Waals surface area contributed by atoms with E-state index < -0.39 is 8.07 Å². The van der Waals surface area contributed by atoms with Crippen molar-refractivity contribution in [2.45, 2.75) is 58.2 Å². The first-order valence-corrected chi connectivity index (χ1v) is 12.0. The van der Waals surface area contributed by atoms with Crippen LogP contribution in [0.5, 0.6) is 0 Å². The highest BCUT2D eigenvalue weighted by molar-refractivity contribution is 6.90. The summed E-state index contributed by atoms with van der Waals surface area (Å²) >= 11 is 0. The molecule has 0 aliphatic carbocycles. The van der Waals surface area contributed by atoms with Crippen molar-refractivity contribution in [1.29, 1.82) is 0 Å². The molecule has 0 aliphatic heterocycles. The molecule has 0 bridgehead atoms.